The van der Waals surface area contributed by atoms with Gasteiger partial charge in [-0.05, 0) is 67.5 Å². The highest BCUT2D eigenvalue weighted by Crippen LogP contribution is 2.41. The lowest BCUT2D eigenvalue weighted by Gasteiger charge is -2.33. The summed E-state index contributed by atoms with van der Waals surface area (Å²) in [5.41, 5.74) is -0.173. The molecule has 1 unspecified atom stereocenters. The summed E-state index contributed by atoms with van der Waals surface area (Å²) < 4.78 is 101. The van der Waals surface area contributed by atoms with E-state index in [1.54, 1.807) is 18.2 Å². The first kappa shape index (κ1) is 28.4. The first-order valence-corrected chi connectivity index (χ1v) is 15.1. The summed E-state index contributed by atoms with van der Waals surface area (Å²) in [6.07, 6.45) is -1.68. The molecule has 2 aromatic rings. The van der Waals surface area contributed by atoms with Crippen molar-refractivity contribution >= 4 is 25.8 Å². The van der Waals surface area contributed by atoms with E-state index >= 15 is 0 Å². The van der Waals surface area contributed by atoms with E-state index in [2.05, 4.69) is 0 Å². The molecular formula is C25H28F3NO7S2. The summed E-state index contributed by atoms with van der Waals surface area (Å²) in [7, 11) is -7.50. The van der Waals surface area contributed by atoms with E-state index in [0.29, 0.717) is 74.0 Å². The summed E-state index contributed by atoms with van der Waals surface area (Å²) in [6.45, 7) is -0.586. The van der Waals surface area contributed by atoms with Crippen molar-refractivity contribution in [3.05, 3.63) is 53.1 Å². The molecule has 1 N–H and O–H groups in total. The van der Waals surface area contributed by atoms with Crippen molar-refractivity contribution in [3.63, 3.8) is 0 Å². The molecule has 8 nitrogen and oxygen atoms in total. The number of carbonyl (C=O) groups is 1. The molecule has 38 heavy (non-hydrogen) atoms. The third-order valence-electron chi connectivity index (χ3n) is 7.18. The van der Waals surface area contributed by atoms with Crippen LogP contribution in [0.1, 0.15) is 61.3 Å². The molecule has 0 amide bonds. The topological polar surface area (TPSA) is 118 Å². The fourth-order valence-corrected chi connectivity index (χ4v) is 8.65. The van der Waals surface area contributed by atoms with E-state index in [4.69, 9.17) is 9.84 Å². The number of hydrogen-bond acceptors (Lipinski definition) is 6. The van der Waals surface area contributed by atoms with Crippen molar-refractivity contribution in [2.24, 2.45) is 0 Å². The van der Waals surface area contributed by atoms with Gasteiger partial charge in [0.15, 0.2) is 16.4 Å². The van der Waals surface area contributed by atoms with Crippen LogP contribution in [0.2, 0.25) is 0 Å². The second kappa shape index (κ2) is 10.5. The Bertz CT molecular complexity index is 1430. The highest BCUT2D eigenvalue weighted by atomic mass is 32.2. The molecule has 0 spiro atoms. The van der Waals surface area contributed by atoms with Gasteiger partial charge < -0.3 is 9.84 Å². The van der Waals surface area contributed by atoms with Gasteiger partial charge in [-0.15, -0.1) is 0 Å². The molecule has 13 heteroatoms. The molecule has 0 radical (unpaired) electrons. The Labute approximate surface area is 219 Å². The van der Waals surface area contributed by atoms with Gasteiger partial charge in [-0.25, -0.2) is 21.6 Å². The maximum atomic E-state index is 13.8. The Kier molecular flexibility index (Phi) is 7.84. The molecule has 0 aliphatic heterocycles. The van der Waals surface area contributed by atoms with Crippen LogP contribution in [-0.2, 0) is 37.3 Å². The number of carboxylic acid groups (broad SMARTS) is 1. The van der Waals surface area contributed by atoms with Gasteiger partial charge in [0, 0.05) is 7.05 Å². The van der Waals surface area contributed by atoms with Gasteiger partial charge in [0.2, 0.25) is 10.0 Å². The highest BCUT2D eigenvalue weighted by Gasteiger charge is 2.39. The zero-order valence-electron chi connectivity index (χ0n) is 20.6. The molecule has 0 aromatic heterocycles. The number of sulfone groups is 1. The number of nitrogens with zero attached hydrogens (tertiary/aromatic N) is 1. The number of hydrogen-bond donors (Lipinski definition) is 1. The van der Waals surface area contributed by atoms with Crippen molar-refractivity contribution < 1.29 is 44.6 Å². The van der Waals surface area contributed by atoms with Crippen LogP contribution in [0.25, 0.3) is 0 Å². The van der Waals surface area contributed by atoms with Crippen LogP contribution in [0.15, 0.2) is 46.2 Å². The number of alkyl halides is 3. The Morgan fingerprint density at radius 3 is 2.32 bits per heavy atom. The van der Waals surface area contributed by atoms with Gasteiger partial charge in [0.1, 0.15) is 5.75 Å². The number of benzene rings is 2. The first-order chi connectivity index (χ1) is 17.7. The van der Waals surface area contributed by atoms with Crippen LogP contribution in [0.4, 0.5) is 13.2 Å². The third kappa shape index (κ3) is 5.55. The zero-order chi connectivity index (χ0) is 27.9. The van der Waals surface area contributed by atoms with Crippen LogP contribution in [0.3, 0.4) is 0 Å². The summed E-state index contributed by atoms with van der Waals surface area (Å²) in [5, 5.41) is 8.09. The van der Waals surface area contributed by atoms with Crippen molar-refractivity contribution in [2.75, 3.05) is 13.7 Å². The van der Waals surface area contributed by atoms with Crippen molar-refractivity contribution in [2.45, 2.75) is 72.2 Å². The minimum Gasteiger partial charge on any atom is -0.482 e. The van der Waals surface area contributed by atoms with E-state index in [1.807, 2.05) is 0 Å². The van der Waals surface area contributed by atoms with Crippen LogP contribution in [0.5, 0.6) is 5.75 Å². The molecule has 1 atom stereocenters. The van der Waals surface area contributed by atoms with Gasteiger partial charge in [0.25, 0.3) is 0 Å². The quantitative estimate of drug-likeness (QED) is 0.490. The number of fused-ring (bicyclic) bond motifs is 1. The number of ether oxygens (including phenoxy) is 1. The van der Waals surface area contributed by atoms with E-state index in [1.165, 1.54) is 7.05 Å². The molecule has 208 valence electrons. The van der Waals surface area contributed by atoms with Crippen LogP contribution >= 0.6 is 0 Å². The highest BCUT2D eigenvalue weighted by molar-refractivity contribution is 7.92. The van der Waals surface area contributed by atoms with Gasteiger partial charge in [-0.1, -0.05) is 25.0 Å². The Morgan fingerprint density at radius 1 is 1.03 bits per heavy atom. The molecule has 0 bridgehead atoms. The standard InChI is InChI=1S/C25H28F3NO7S2/c1-29(22-10-4-9-21-20(22)8-5-11-23(21)36-15-24(30)31)38(34,35)19-13-16(25(26,27)28)12-18(14-19)37(32,33)17-6-2-3-7-17/h5,8,11-14,17,22H,2-4,6-7,9-10,15H2,1H3,(H,30,31). The average Bonchev–Trinajstić information content (AvgIpc) is 3.42. The van der Waals surface area contributed by atoms with Gasteiger partial charge >= 0.3 is 12.1 Å². The smallest absolute Gasteiger partial charge is 0.416 e. The van der Waals surface area contributed by atoms with E-state index in [0.717, 1.165) is 10.4 Å². The number of sulfonamides is 1. The average molecular weight is 576 g/mol. The third-order valence-corrected chi connectivity index (χ3v) is 11.3. The molecule has 1 fully saturated rings. The maximum Gasteiger partial charge on any atom is 0.416 e. The maximum absolute atomic E-state index is 13.8. The molecule has 0 saturated heterocycles. The Hall–Kier alpha value is -2.64. The van der Waals surface area contributed by atoms with Crippen LogP contribution < -0.4 is 4.74 Å². The summed E-state index contributed by atoms with van der Waals surface area (Å²) in [5.74, 6) is -0.882. The molecule has 2 aromatic carbocycles. The van der Waals surface area contributed by atoms with E-state index in [9.17, 15) is 34.8 Å². The number of aliphatic carboxylic acids is 1. The molecule has 2 aliphatic carbocycles. The van der Waals surface area contributed by atoms with Gasteiger partial charge in [0.05, 0.1) is 26.6 Å². The van der Waals surface area contributed by atoms with E-state index < -0.39 is 65.3 Å². The summed E-state index contributed by atoms with van der Waals surface area (Å²) >= 11 is 0. The lowest BCUT2D eigenvalue weighted by atomic mass is 9.87. The van der Waals surface area contributed by atoms with Crippen LogP contribution in [0, 0.1) is 0 Å². The number of rotatable bonds is 8. The molecule has 2 aliphatic rings. The van der Waals surface area contributed by atoms with Crippen molar-refractivity contribution in [1.82, 2.24) is 4.31 Å². The lowest BCUT2D eigenvalue weighted by Crippen LogP contribution is -2.34. The predicted molar refractivity (Wildman–Crippen MR) is 131 cm³/mol. The first-order valence-electron chi connectivity index (χ1n) is 12.1. The summed E-state index contributed by atoms with van der Waals surface area (Å²) in [4.78, 5) is 9.54. The molecule has 4 rings (SSSR count). The van der Waals surface area contributed by atoms with Gasteiger partial charge in [-0.2, -0.15) is 17.5 Å². The number of carboxylic acids is 1. The van der Waals surface area contributed by atoms with Crippen molar-refractivity contribution in [1.29, 1.82) is 0 Å². The van der Waals surface area contributed by atoms with Gasteiger partial charge in [-0.3, -0.25) is 0 Å². The van der Waals surface area contributed by atoms with Crippen molar-refractivity contribution in [3.8, 4) is 5.75 Å². The fraction of sp³-hybridized carbons (Fsp3) is 0.480. The number of halogens is 3. The molecular weight excluding hydrogens is 547 g/mol. The van der Waals surface area contributed by atoms with Crippen LogP contribution in [-0.4, -0.2) is 51.1 Å². The predicted octanol–water partition coefficient (Wildman–Crippen LogP) is 4.58. The lowest BCUT2D eigenvalue weighted by molar-refractivity contribution is -0.139. The second-order valence-electron chi connectivity index (χ2n) is 9.58. The Balaban J connectivity index is 1.76. The molecule has 1 saturated carbocycles. The minimum atomic E-state index is -4.96. The molecule has 0 heterocycles. The SMILES string of the molecule is CN(C1CCCc2c(OCC(=O)O)cccc21)S(=O)(=O)c1cc(C(F)(F)F)cc(S(=O)(=O)C2CCCC2)c1. The zero-order valence-corrected chi connectivity index (χ0v) is 22.2. The van der Waals surface area contributed by atoms with E-state index in [-0.39, 0.29) is 0 Å². The monoisotopic (exact) mass is 575 g/mol. The second-order valence-corrected chi connectivity index (χ2v) is 13.8. The largest absolute Gasteiger partial charge is 0.482 e. The minimum absolute atomic E-state index is 0.296. The summed E-state index contributed by atoms with van der Waals surface area (Å²) in [6, 6.07) is 5.86. The fourth-order valence-electron chi connectivity index (χ4n) is 5.22. The Morgan fingerprint density at radius 2 is 1.68 bits per heavy atom. The normalized spacial score (nSPS) is 18.9.